The zero-order valence-electron chi connectivity index (χ0n) is 12.6. The summed E-state index contributed by atoms with van der Waals surface area (Å²) in [7, 11) is 0. The van der Waals surface area contributed by atoms with Crippen molar-refractivity contribution in [3.05, 3.63) is 76.1 Å². The highest BCUT2D eigenvalue weighted by molar-refractivity contribution is 7.98. The number of benzene rings is 2. The number of hydrogen-bond donors (Lipinski definition) is 2. The summed E-state index contributed by atoms with van der Waals surface area (Å²) in [4.78, 5) is 19.9. The van der Waals surface area contributed by atoms with Crippen LogP contribution in [0.15, 0.2) is 64.5 Å². The van der Waals surface area contributed by atoms with Crippen molar-refractivity contribution in [2.45, 2.75) is 11.6 Å². The molecule has 23 heavy (non-hydrogen) atoms. The molecule has 0 saturated heterocycles. The van der Waals surface area contributed by atoms with E-state index in [0.717, 1.165) is 11.1 Å². The minimum atomic E-state index is -0.128. The molecule has 3 aromatic rings. The Balaban J connectivity index is 2.11. The second-order valence-electron chi connectivity index (χ2n) is 5.11. The van der Waals surface area contributed by atoms with Crippen LogP contribution in [0.25, 0.3) is 11.3 Å². The van der Waals surface area contributed by atoms with Crippen LogP contribution in [0.3, 0.4) is 0 Å². The number of aromatic hydroxyl groups is 1. The van der Waals surface area contributed by atoms with Crippen molar-refractivity contribution < 1.29 is 5.11 Å². The summed E-state index contributed by atoms with van der Waals surface area (Å²) >= 11 is 1.41. The summed E-state index contributed by atoms with van der Waals surface area (Å²) in [6.45, 7) is 0. The molecule has 0 saturated carbocycles. The van der Waals surface area contributed by atoms with Gasteiger partial charge in [0.2, 0.25) is 0 Å². The van der Waals surface area contributed by atoms with E-state index < -0.39 is 0 Å². The molecule has 0 atom stereocenters. The Bertz CT molecular complexity index is 858. The maximum atomic E-state index is 12.5. The van der Waals surface area contributed by atoms with Gasteiger partial charge in [-0.05, 0) is 24.0 Å². The Hall–Kier alpha value is -2.53. The second-order valence-corrected chi connectivity index (χ2v) is 5.91. The van der Waals surface area contributed by atoms with Gasteiger partial charge in [0, 0.05) is 17.5 Å². The van der Waals surface area contributed by atoms with Gasteiger partial charge in [-0.25, -0.2) is 4.98 Å². The quantitative estimate of drug-likeness (QED) is 0.570. The lowest BCUT2D eigenvalue weighted by Gasteiger charge is -2.10. The van der Waals surface area contributed by atoms with E-state index in [-0.39, 0.29) is 11.3 Å². The number of nitrogens with zero attached hydrogens (tertiary/aromatic N) is 1. The summed E-state index contributed by atoms with van der Waals surface area (Å²) in [6.07, 6.45) is 2.34. The highest BCUT2D eigenvalue weighted by Gasteiger charge is 2.14. The normalized spacial score (nSPS) is 10.7. The molecule has 0 fully saturated rings. The van der Waals surface area contributed by atoms with Crippen LogP contribution in [0.2, 0.25) is 0 Å². The molecule has 0 amide bonds. The first-order valence-electron chi connectivity index (χ1n) is 7.18. The maximum Gasteiger partial charge on any atom is 0.255 e. The molecule has 0 radical (unpaired) electrons. The first-order valence-corrected chi connectivity index (χ1v) is 8.40. The molecule has 3 rings (SSSR count). The number of rotatable bonds is 4. The van der Waals surface area contributed by atoms with Crippen LogP contribution in [0.5, 0.6) is 5.75 Å². The molecule has 116 valence electrons. The Morgan fingerprint density at radius 1 is 1.09 bits per heavy atom. The Morgan fingerprint density at radius 3 is 2.43 bits per heavy atom. The van der Waals surface area contributed by atoms with Gasteiger partial charge in [0.1, 0.15) is 5.75 Å². The number of thioether (sulfide) groups is 1. The standard InChI is InChI=1S/C18H16N2O2S/c1-23-18-19-16(13-5-3-2-4-6-13)15(17(22)20-18)11-12-7-9-14(21)10-8-12/h2-10,21H,11H2,1H3,(H,19,20,22). The molecule has 0 spiro atoms. The fourth-order valence-electron chi connectivity index (χ4n) is 2.39. The molecule has 0 aliphatic carbocycles. The average Bonchev–Trinajstić information content (AvgIpc) is 2.59. The van der Waals surface area contributed by atoms with E-state index in [1.54, 1.807) is 12.1 Å². The first-order chi connectivity index (χ1) is 11.2. The molecule has 0 bridgehead atoms. The predicted octanol–water partition coefficient (Wildman–Crippen LogP) is 3.46. The van der Waals surface area contributed by atoms with E-state index in [0.29, 0.717) is 22.8 Å². The van der Waals surface area contributed by atoms with Gasteiger partial charge in [-0.1, -0.05) is 54.2 Å². The van der Waals surface area contributed by atoms with Crippen molar-refractivity contribution in [1.82, 2.24) is 9.97 Å². The number of phenolic OH excluding ortho intramolecular Hbond substituents is 1. The third-order valence-corrected chi connectivity index (χ3v) is 4.13. The molecule has 1 heterocycles. The van der Waals surface area contributed by atoms with Crippen LogP contribution in [0, 0.1) is 0 Å². The fraction of sp³-hybridized carbons (Fsp3) is 0.111. The molecular formula is C18H16N2O2S. The molecule has 4 nitrogen and oxygen atoms in total. The second kappa shape index (κ2) is 6.71. The fourth-order valence-corrected chi connectivity index (χ4v) is 2.77. The van der Waals surface area contributed by atoms with Crippen molar-refractivity contribution in [2.24, 2.45) is 0 Å². The third kappa shape index (κ3) is 3.46. The molecule has 1 aromatic heterocycles. The highest BCUT2D eigenvalue weighted by atomic mass is 32.2. The number of H-pyrrole nitrogens is 1. The van der Waals surface area contributed by atoms with Gasteiger partial charge in [0.15, 0.2) is 5.16 Å². The van der Waals surface area contributed by atoms with Crippen molar-refractivity contribution >= 4 is 11.8 Å². The molecular weight excluding hydrogens is 308 g/mol. The number of hydrogen-bond acceptors (Lipinski definition) is 4. The van der Waals surface area contributed by atoms with E-state index in [1.807, 2.05) is 48.7 Å². The Labute approximate surface area is 138 Å². The number of phenols is 1. The average molecular weight is 324 g/mol. The maximum absolute atomic E-state index is 12.5. The van der Waals surface area contributed by atoms with Crippen LogP contribution in [0.4, 0.5) is 0 Å². The zero-order chi connectivity index (χ0) is 16.2. The summed E-state index contributed by atoms with van der Waals surface area (Å²) in [5.74, 6) is 0.210. The van der Waals surface area contributed by atoms with E-state index in [2.05, 4.69) is 9.97 Å². The zero-order valence-corrected chi connectivity index (χ0v) is 13.4. The Kier molecular flexibility index (Phi) is 4.48. The topological polar surface area (TPSA) is 66.0 Å². The smallest absolute Gasteiger partial charge is 0.255 e. The largest absolute Gasteiger partial charge is 0.508 e. The third-order valence-electron chi connectivity index (χ3n) is 3.55. The number of aromatic nitrogens is 2. The van der Waals surface area contributed by atoms with E-state index in [4.69, 9.17) is 0 Å². The van der Waals surface area contributed by atoms with Crippen LogP contribution in [-0.2, 0) is 6.42 Å². The molecule has 2 aromatic carbocycles. The molecule has 0 aliphatic heterocycles. The van der Waals surface area contributed by atoms with Crippen molar-refractivity contribution in [3.8, 4) is 17.0 Å². The lowest BCUT2D eigenvalue weighted by molar-refractivity contribution is 0.475. The molecule has 0 aliphatic rings. The minimum absolute atomic E-state index is 0.128. The van der Waals surface area contributed by atoms with Crippen LogP contribution in [-0.4, -0.2) is 21.3 Å². The monoisotopic (exact) mass is 324 g/mol. The van der Waals surface area contributed by atoms with Gasteiger partial charge in [0.05, 0.1) is 5.69 Å². The van der Waals surface area contributed by atoms with Gasteiger partial charge in [-0.2, -0.15) is 0 Å². The van der Waals surface area contributed by atoms with Crippen LogP contribution in [0.1, 0.15) is 11.1 Å². The van der Waals surface area contributed by atoms with Gasteiger partial charge in [-0.15, -0.1) is 0 Å². The first kappa shape index (κ1) is 15.4. The molecule has 5 heteroatoms. The SMILES string of the molecule is CSc1nc(-c2ccccc2)c(Cc2ccc(O)cc2)c(=O)[nH]1. The van der Waals surface area contributed by atoms with Crippen LogP contribution < -0.4 is 5.56 Å². The highest BCUT2D eigenvalue weighted by Crippen LogP contribution is 2.23. The van der Waals surface area contributed by atoms with Crippen molar-refractivity contribution in [2.75, 3.05) is 6.26 Å². The van der Waals surface area contributed by atoms with Crippen molar-refractivity contribution in [1.29, 1.82) is 0 Å². The van der Waals surface area contributed by atoms with Gasteiger partial charge in [-0.3, -0.25) is 4.79 Å². The van der Waals surface area contributed by atoms with E-state index in [9.17, 15) is 9.90 Å². The van der Waals surface area contributed by atoms with Crippen molar-refractivity contribution in [3.63, 3.8) is 0 Å². The van der Waals surface area contributed by atoms with Gasteiger partial charge < -0.3 is 10.1 Å². The van der Waals surface area contributed by atoms with E-state index >= 15 is 0 Å². The Morgan fingerprint density at radius 2 is 1.78 bits per heavy atom. The summed E-state index contributed by atoms with van der Waals surface area (Å²) in [6, 6.07) is 16.6. The predicted molar refractivity (Wildman–Crippen MR) is 93.0 cm³/mol. The summed E-state index contributed by atoms with van der Waals surface area (Å²) in [5, 5.41) is 10.00. The summed E-state index contributed by atoms with van der Waals surface area (Å²) in [5.41, 5.74) is 3.06. The lowest BCUT2D eigenvalue weighted by Crippen LogP contribution is -2.17. The molecule has 2 N–H and O–H groups in total. The van der Waals surface area contributed by atoms with E-state index in [1.165, 1.54) is 11.8 Å². The summed E-state index contributed by atoms with van der Waals surface area (Å²) < 4.78 is 0. The van der Waals surface area contributed by atoms with Gasteiger partial charge >= 0.3 is 0 Å². The molecule has 0 unspecified atom stereocenters. The minimum Gasteiger partial charge on any atom is -0.508 e. The van der Waals surface area contributed by atoms with Gasteiger partial charge in [0.25, 0.3) is 5.56 Å². The number of aromatic amines is 1. The lowest BCUT2D eigenvalue weighted by atomic mass is 10.0. The van der Waals surface area contributed by atoms with Crippen LogP contribution >= 0.6 is 11.8 Å². The number of nitrogens with one attached hydrogen (secondary N) is 1.